The van der Waals surface area contributed by atoms with Gasteiger partial charge in [0.05, 0.1) is 30.5 Å². The van der Waals surface area contributed by atoms with E-state index in [4.69, 9.17) is 4.74 Å². The van der Waals surface area contributed by atoms with Gasteiger partial charge < -0.3 is 15.0 Å². The third-order valence-corrected chi connectivity index (χ3v) is 5.63. The maximum Gasteiger partial charge on any atom is 0.193 e. The van der Waals surface area contributed by atoms with Crippen LogP contribution in [0.2, 0.25) is 0 Å². The number of rotatable bonds is 7. The summed E-state index contributed by atoms with van der Waals surface area (Å²) in [5.74, 6) is 1.52. The number of aromatic nitrogens is 1. The van der Waals surface area contributed by atoms with Crippen LogP contribution in [0.25, 0.3) is 0 Å². The molecule has 1 N–H and O–H groups in total. The summed E-state index contributed by atoms with van der Waals surface area (Å²) in [6.45, 7) is 6.37. The highest BCUT2D eigenvalue weighted by atomic mass is 32.1. The lowest BCUT2D eigenvalue weighted by molar-refractivity contribution is 0.0906. The van der Waals surface area contributed by atoms with Gasteiger partial charge in [0, 0.05) is 31.4 Å². The molecule has 0 bridgehead atoms. The van der Waals surface area contributed by atoms with E-state index in [0.29, 0.717) is 12.5 Å². The number of guanidine groups is 1. The van der Waals surface area contributed by atoms with Crippen LogP contribution in [0.15, 0.2) is 40.7 Å². The highest BCUT2D eigenvalue weighted by molar-refractivity contribution is 7.09. The fourth-order valence-electron chi connectivity index (χ4n) is 3.17. The summed E-state index contributed by atoms with van der Waals surface area (Å²) in [6, 6.07) is 10.4. The average molecular weight is 373 g/mol. The van der Waals surface area contributed by atoms with Crippen molar-refractivity contribution in [3.63, 3.8) is 0 Å². The lowest BCUT2D eigenvalue weighted by Gasteiger charge is -2.21. The van der Waals surface area contributed by atoms with E-state index in [0.717, 1.165) is 50.7 Å². The molecule has 1 unspecified atom stereocenters. The van der Waals surface area contributed by atoms with Crippen LogP contribution in [0.5, 0.6) is 0 Å². The zero-order valence-corrected chi connectivity index (χ0v) is 16.5. The lowest BCUT2D eigenvalue weighted by Crippen LogP contribution is -2.39. The number of hydrogen-bond donors (Lipinski definition) is 1. The first-order valence-corrected chi connectivity index (χ1v) is 10.2. The van der Waals surface area contributed by atoms with Crippen molar-refractivity contribution in [3.05, 3.63) is 52.0 Å². The zero-order valence-electron chi connectivity index (χ0n) is 15.6. The molecule has 1 aromatic carbocycles. The molecule has 2 heterocycles. The third kappa shape index (κ3) is 5.29. The fraction of sp³-hybridized carbons (Fsp3) is 0.500. The molecular formula is C20H28N4OS. The van der Waals surface area contributed by atoms with Gasteiger partial charge in [-0.2, -0.15) is 0 Å². The normalized spacial score (nSPS) is 17.7. The van der Waals surface area contributed by atoms with Gasteiger partial charge in [-0.05, 0) is 18.4 Å². The van der Waals surface area contributed by atoms with Gasteiger partial charge >= 0.3 is 0 Å². The Morgan fingerprint density at radius 2 is 2.23 bits per heavy atom. The summed E-state index contributed by atoms with van der Waals surface area (Å²) in [6.07, 6.45) is 2.14. The van der Waals surface area contributed by atoms with E-state index >= 15 is 0 Å². The molecule has 6 heteroatoms. The van der Waals surface area contributed by atoms with Crippen LogP contribution < -0.4 is 5.32 Å². The molecule has 5 nitrogen and oxygen atoms in total. The van der Waals surface area contributed by atoms with Crippen molar-refractivity contribution < 1.29 is 4.74 Å². The molecule has 1 aliphatic heterocycles. The number of benzene rings is 1. The van der Waals surface area contributed by atoms with Crippen molar-refractivity contribution in [2.24, 2.45) is 10.9 Å². The highest BCUT2D eigenvalue weighted by Gasteiger charge is 2.25. The van der Waals surface area contributed by atoms with Crippen molar-refractivity contribution in [3.8, 4) is 0 Å². The number of thiazole rings is 1. The molecule has 26 heavy (non-hydrogen) atoms. The molecule has 0 radical (unpaired) electrons. The quantitative estimate of drug-likeness (QED) is 0.598. The van der Waals surface area contributed by atoms with Gasteiger partial charge in [-0.3, -0.25) is 4.99 Å². The maximum atomic E-state index is 5.91. The molecule has 1 aliphatic rings. The van der Waals surface area contributed by atoms with E-state index in [-0.39, 0.29) is 0 Å². The molecule has 2 aromatic rings. The lowest BCUT2D eigenvalue weighted by atomic mass is 10.1. The molecular weight excluding hydrogens is 344 g/mol. The van der Waals surface area contributed by atoms with Crippen LogP contribution in [-0.4, -0.2) is 42.6 Å². The number of hydrogen-bond acceptors (Lipinski definition) is 4. The second-order valence-corrected chi connectivity index (χ2v) is 7.53. The largest absolute Gasteiger partial charge is 0.376 e. The Kier molecular flexibility index (Phi) is 7.03. The van der Waals surface area contributed by atoms with E-state index in [9.17, 15) is 0 Å². The van der Waals surface area contributed by atoms with Crippen molar-refractivity contribution in [1.29, 1.82) is 0 Å². The molecule has 1 saturated heterocycles. The van der Waals surface area contributed by atoms with Crippen LogP contribution in [0, 0.1) is 5.92 Å². The number of likely N-dealkylation sites (tertiary alicyclic amines) is 1. The summed E-state index contributed by atoms with van der Waals surface area (Å²) in [5, 5.41) is 6.76. The van der Waals surface area contributed by atoms with E-state index in [1.165, 1.54) is 10.6 Å². The predicted octanol–water partition coefficient (Wildman–Crippen LogP) is 3.32. The van der Waals surface area contributed by atoms with Crippen LogP contribution >= 0.6 is 11.3 Å². The van der Waals surface area contributed by atoms with Crippen LogP contribution in [0.3, 0.4) is 0 Å². The molecule has 1 atom stereocenters. The molecule has 0 amide bonds. The predicted molar refractivity (Wildman–Crippen MR) is 107 cm³/mol. The van der Waals surface area contributed by atoms with Crippen molar-refractivity contribution in [1.82, 2.24) is 15.2 Å². The summed E-state index contributed by atoms with van der Waals surface area (Å²) in [5.41, 5.74) is 2.32. The Labute approximate surface area is 160 Å². The number of ether oxygens (including phenoxy) is 1. The number of nitrogens with one attached hydrogen (secondary N) is 1. The van der Waals surface area contributed by atoms with E-state index < -0.39 is 0 Å². The van der Waals surface area contributed by atoms with Crippen molar-refractivity contribution >= 4 is 17.3 Å². The highest BCUT2D eigenvalue weighted by Crippen LogP contribution is 2.18. The van der Waals surface area contributed by atoms with Gasteiger partial charge in [0.15, 0.2) is 5.96 Å². The van der Waals surface area contributed by atoms with Gasteiger partial charge in [0.2, 0.25) is 0 Å². The maximum absolute atomic E-state index is 5.91. The second-order valence-electron chi connectivity index (χ2n) is 6.59. The Bertz CT molecular complexity index is 701. The number of aryl methyl sites for hydroxylation is 1. The second kappa shape index (κ2) is 9.69. The topological polar surface area (TPSA) is 49.8 Å². The first kappa shape index (κ1) is 18.9. The SMILES string of the molecule is CCc1nc(CNC(=NC)N2CCC(COCc3ccccc3)C2)cs1. The summed E-state index contributed by atoms with van der Waals surface area (Å²) in [4.78, 5) is 11.4. The summed E-state index contributed by atoms with van der Waals surface area (Å²) < 4.78 is 5.91. The Morgan fingerprint density at radius 1 is 1.38 bits per heavy atom. The van der Waals surface area contributed by atoms with E-state index in [2.05, 4.69) is 56.8 Å². The molecule has 0 spiro atoms. The molecule has 0 saturated carbocycles. The molecule has 0 aliphatic carbocycles. The minimum absolute atomic E-state index is 0.559. The molecule has 1 fully saturated rings. The Morgan fingerprint density at radius 3 is 2.96 bits per heavy atom. The van der Waals surface area contributed by atoms with Gasteiger partial charge in [0.1, 0.15) is 0 Å². The average Bonchev–Trinajstić information content (AvgIpc) is 3.33. The number of aliphatic imine (C=N–C) groups is 1. The van der Waals surface area contributed by atoms with Gasteiger partial charge in [-0.25, -0.2) is 4.98 Å². The van der Waals surface area contributed by atoms with Crippen molar-refractivity contribution in [2.45, 2.75) is 32.9 Å². The summed E-state index contributed by atoms with van der Waals surface area (Å²) in [7, 11) is 1.85. The molecule has 140 valence electrons. The smallest absolute Gasteiger partial charge is 0.193 e. The minimum Gasteiger partial charge on any atom is -0.376 e. The van der Waals surface area contributed by atoms with Crippen LogP contribution in [-0.2, 0) is 24.3 Å². The van der Waals surface area contributed by atoms with Gasteiger partial charge in [0.25, 0.3) is 0 Å². The van der Waals surface area contributed by atoms with Crippen LogP contribution in [0.1, 0.15) is 29.6 Å². The molecule has 3 rings (SSSR count). The summed E-state index contributed by atoms with van der Waals surface area (Å²) >= 11 is 1.73. The third-order valence-electron chi connectivity index (χ3n) is 4.59. The minimum atomic E-state index is 0.559. The Hall–Kier alpha value is -1.92. The van der Waals surface area contributed by atoms with E-state index in [1.54, 1.807) is 11.3 Å². The zero-order chi connectivity index (χ0) is 18.2. The standard InChI is InChI=1S/C20H28N4OS/c1-3-19-23-18(15-26-19)11-22-20(21-2)24-10-9-17(12-24)14-25-13-16-7-5-4-6-8-16/h4-8,15,17H,3,9-14H2,1-2H3,(H,21,22). The van der Waals surface area contributed by atoms with E-state index in [1.807, 2.05) is 13.1 Å². The van der Waals surface area contributed by atoms with Gasteiger partial charge in [-0.15, -0.1) is 11.3 Å². The molecule has 1 aromatic heterocycles. The Balaban J connectivity index is 1.41. The number of nitrogens with zero attached hydrogens (tertiary/aromatic N) is 3. The first-order valence-electron chi connectivity index (χ1n) is 9.29. The first-order chi connectivity index (χ1) is 12.8. The van der Waals surface area contributed by atoms with Crippen LogP contribution in [0.4, 0.5) is 0 Å². The fourth-order valence-corrected chi connectivity index (χ4v) is 3.92. The monoisotopic (exact) mass is 372 g/mol. The van der Waals surface area contributed by atoms with Crippen molar-refractivity contribution in [2.75, 3.05) is 26.7 Å². The van der Waals surface area contributed by atoms with Gasteiger partial charge in [-0.1, -0.05) is 37.3 Å².